The Morgan fingerprint density at radius 1 is 1.50 bits per heavy atom. The lowest BCUT2D eigenvalue weighted by Gasteiger charge is -1.91. The minimum atomic E-state index is 0.426. The lowest BCUT2D eigenvalue weighted by molar-refractivity contribution is 0.240. The summed E-state index contributed by atoms with van der Waals surface area (Å²) in [7, 11) is 1.62. The fraction of sp³-hybridized carbons (Fsp3) is 0.200. The second kappa shape index (κ2) is 4.18. The maximum absolute atomic E-state index is 4.84. The van der Waals surface area contributed by atoms with Gasteiger partial charge in [-0.1, -0.05) is 5.92 Å². The molecule has 2 rings (SSSR count). The second-order valence-corrected chi connectivity index (χ2v) is 3.49. The molecule has 0 amide bonds. The number of rotatable bonds is 1. The van der Waals surface area contributed by atoms with Gasteiger partial charge in [0, 0.05) is 12.5 Å². The van der Waals surface area contributed by atoms with E-state index in [9.17, 15) is 0 Å². The number of thiophene rings is 1. The van der Waals surface area contributed by atoms with Crippen molar-refractivity contribution in [3.8, 4) is 11.8 Å². The summed E-state index contributed by atoms with van der Waals surface area (Å²) in [6, 6.07) is 1.98. The van der Waals surface area contributed by atoms with E-state index in [-0.39, 0.29) is 0 Å². The van der Waals surface area contributed by atoms with Gasteiger partial charge in [-0.05, 0) is 17.4 Å². The molecule has 0 aromatic carbocycles. The van der Waals surface area contributed by atoms with Gasteiger partial charge < -0.3 is 4.74 Å². The zero-order valence-corrected chi connectivity index (χ0v) is 8.47. The molecule has 2 aromatic rings. The lowest BCUT2D eigenvalue weighted by atomic mass is 10.3. The molecular weight excluding hydrogens is 196 g/mol. The highest BCUT2D eigenvalue weighted by molar-refractivity contribution is 7.16. The van der Waals surface area contributed by atoms with Gasteiger partial charge in [0.15, 0.2) is 0 Å². The van der Waals surface area contributed by atoms with Crippen molar-refractivity contribution in [1.82, 2.24) is 9.97 Å². The molecule has 0 atom stereocenters. The summed E-state index contributed by atoms with van der Waals surface area (Å²) in [6.07, 6.45) is 1.54. The van der Waals surface area contributed by atoms with Gasteiger partial charge in [0.25, 0.3) is 0 Å². The molecule has 0 saturated heterocycles. The Labute approximate surface area is 85.8 Å². The van der Waals surface area contributed by atoms with E-state index >= 15 is 0 Å². The molecule has 2 aromatic heterocycles. The molecule has 0 bridgehead atoms. The molecule has 0 unspecified atom stereocenters. The quantitative estimate of drug-likeness (QED) is 0.663. The highest BCUT2D eigenvalue weighted by Gasteiger charge is 2.00. The van der Waals surface area contributed by atoms with Gasteiger partial charge in [0.05, 0.1) is 0 Å². The fourth-order valence-corrected chi connectivity index (χ4v) is 1.81. The van der Waals surface area contributed by atoms with Crippen molar-refractivity contribution in [2.24, 2.45) is 0 Å². The molecule has 0 aliphatic heterocycles. The zero-order chi connectivity index (χ0) is 9.80. The van der Waals surface area contributed by atoms with Crippen LogP contribution in [0, 0.1) is 11.8 Å². The smallest absolute Gasteiger partial charge is 0.127 e. The van der Waals surface area contributed by atoms with Crippen molar-refractivity contribution >= 4 is 21.6 Å². The summed E-state index contributed by atoms with van der Waals surface area (Å²) in [4.78, 5) is 9.23. The minimum absolute atomic E-state index is 0.426. The van der Waals surface area contributed by atoms with Gasteiger partial charge in [-0.15, -0.1) is 11.3 Å². The number of aromatic nitrogens is 2. The first kappa shape index (κ1) is 9.13. The molecule has 2 heterocycles. The van der Waals surface area contributed by atoms with Gasteiger partial charge >= 0.3 is 0 Å². The monoisotopic (exact) mass is 204 g/mol. The standard InChI is InChI=1S/C10H8N2OS/c1-13-5-2-3-9-8-4-6-14-10(8)12-7-11-9/h4,6-7H,5H2,1H3. The van der Waals surface area contributed by atoms with Crippen LogP contribution in [-0.4, -0.2) is 23.7 Å². The van der Waals surface area contributed by atoms with E-state index in [2.05, 4.69) is 21.8 Å². The highest BCUT2D eigenvalue weighted by atomic mass is 32.1. The van der Waals surface area contributed by atoms with E-state index in [0.717, 1.165) is 15.9 Å². The predicted molar refractivity (Wildman–Crippen MR) is 56.2 cm³/mol. The highest BCUT2D eigenvalue weighted by Crippen LogP contribution is 2.19. The van der Waals surface area contributed by atoms with Crippen LogP contribution in [0.3, 0.4) is 0 Å². The third-order valence-corrected chi connectivity index (χ3v) is 2.51. The van der Waals surface area contributed by atoms with E-state index in [1.165, 1.54) is 6.33 Å². The first-order chi connectivity index (χ1) is 6.92. The van der Waals surface area contributed by atoms with E-state index in [4.69, 9.17) is 4.74 Å². The molecule has 0 fully saturated rings. The van der Waals surface area contributed by atoms with Crippen molar-refractivity contribution in [1.29, 1.82) is 0 Å². The number of nitrogens with zero attached hydrogens (tertiary/aromatic N) is 2. The average molecular weight is 204 g/mol. The van der Waals surface area contributed by atoms with Crippen LogP contribution in [-0.2, 0) is 4.74 Å². The van der Waals surface area contributed by atoms with Gasteiger partial charge in [0.2, 0.25) is 0 Å². The Morgan fingerprint density at radius 2 is 2.43 bits per heavy atom. The molecule has 0 spiro atoms. The van der Waals surface area contributed by atoms with Crippen LogP contribution in [0.5, 0.6) is 0 Å². The van der Waals surface area contributed by atoms with Crippen LogP contribution in [0.1, 0.15) is 5.69 Å². The number of methoxy groups -OCH3 is 1. The van der Waals surface area contributed by atoms with Crippen LogP contribution in [0.25, 0.3) is 10.2 Å². The van der Waals surface area contributed by atoms with E-state index in [1.807, 2.05) is 11.4 Å². The first-order valence-corrected chi connectivity index (χ1v) is 4.96. The van der Waals surface area contributed by atoms with E-state index < -0.39 is 0 Å². The Balaban J connectivity index is 2.43. The van der Waals surface area contributed by atoms with Gasteiger partial charge in [-0.3, -0.25) is 0 Å². The molecule has 4 heteroatoms. The largest absolute Gasteiger partial charge is 0.372 e. The van der Waals surface area contributed by atoms with Crippen molar-refractivity contribution in [3.05, 3.63) is 23.5 Å². The van der Waals surface area contributed by atoms with Crippen molar-refractivity contribution in [2.45, 2.75) is 0 Å². The Kier molecular flexibility index (Phi) is 2.73. The molecule has 0 aliphatic carbocycles. The maximum atomic E-state index is 4.84. The van der Waals surface area contributed by atoms with Gasteiger partial charge in [0.1, 0.15) is 23.5 Å². The van der Waals surface area contributed by atoms with E-state index in [1.54, 1.807) is 18.4 Å². The molecule has 0 saturated carbocycles. The SMILES string of the molecule is COCC#Cc1ncnc2sccc12. The average Bonchev–Trinajstić information content (AvgIpc) is 2.67. The summed E-state index contributed by atoms with van der Waals surface area (Å²) >= 11 is 1.59. The third kappa shape index (κ3) is 1.74. The summed E-state index contributed by atoms with van der Waals surface area (Å²) in [6.45, 7) is 0.426. The number of fused-ring (bicyclic) bond motifs is 1. The predicted octanol–water partition coefficient (Wildman–Crippen LogP) is 1.69. The zero-order valence-electron chi connectivity index (χ0n) is 7.65. The molecule has 70 valence electrons. The minimum Gasteiger partial charge on any atom is -0.372 e. The summed E-state index contributed by atoms with van der Waals surface area (Å²) in [5.74, 6) is 5.83. The molecular formula is C10H8N2OS. The Morgan fingerprint density at radius 3 is 3.29 bits per heavy atom. The Bertz CT molecular complexity index is 495. The molecule has 0 N–H and O–H groups in total. The molecule has 0 radical (unpaired) electrons. The van der Waals surface area contributed by atoms with Crippen LogP contribution < -0.4 is 0 Å². The third-order valence-electron chi connectivity index (χ3n) is 1.69. The number of hydrogen-bond donors (Lipinski definition) is 0. The molecule has 0 aliphatic rings. The summed E-state index contributed by atoms with van der Waals surface area (Å²) in [5.41, 5.74) is 0.772. The molecule has 14 heavy (non-hydrogen) atoms. The van der Waals surface area contributed by atoms with Crippen molar-refractivity contribution in [3.63, 3.8) is 0 Å². The van der Waals surface area contributed by atoms with Crippen LogP contribution in [0.2, 0.25) is 0 Å². The van der Waals surface area contributed by atoms with Crippen LogP contribution in [0.4, 0.5) is 0 Å². The van der Waals surface area contributed by atoms with E-state index in [0.29, 0.717) is 6.61 Å². The number of hydrogen-bond acceptors (Lipinski definition) is 4. The number of ether oxygens (including phenoxy) is 1. The first-order valence-electron chi connectivity index (χ1n) is 4.08. The van der Waals surface area contributed by atoms with Crippen molar-refractivity contribution in [2.75, 3.05) is 13.7 Å². The lowest BCUT2D eigenvalue weighted by Crippen LogP contribution is -1.86. The molecule has 3 nitrogen and oxygen atoms in total. The van der Waals surface area contributed by atoms with Gasteiger partial charge in [-0.2, -0.15) is 0 Å². The summed E-state index contributed by atoms with van der Waals surface area (Å²) < 4.78 is 4.84. The van der Waals surface area contributed by atoms with Crippen LogP contribution >= 0.6 is 11.3 Å². The van der Waals surface area contributed by atoms with Crippen molar-refractivity contribution < 1.29 is 4.74 Å². The topological polar surface area (TPSA) is 35.0 Å². The maximum Gasteiger partial charge on any atom is 0.127 e. The van der Waals surface area contributed by atoms with Gasteiger partial charge in [-0.25, -0.2) is 9.97 Å². The second-order valence-electron chi connectivity index (χ2n) is 2.60. The summed E-state index contributed by atoms with van der Waals surface area (Å²) in [5, 5.41) is 3.00. The van der Waals surface area contributed by atoms with Crippen LogP contribution in [0.15, 0.2) is 17.8 Å². The fourth-order valence-electron chi connectivity index (χ4n) is 1.08. The Hall–Kier alpha value is -1.44. The normalized spacial score (nSPS) is 9.79.